The summed E-state index contributed by atoms with van der Waals surface area (Å²) in [6.07, 6.45) is -1.19. The van der Waals surface area contributed by atoms with E-state index < -0.39 is 20.7 Å². The van der Waals surface area contributed by atoms with E-state index in [9.17, 15) is 4.79 Å². The molecule has 0 unspecified atom stereocenters. The van der Waals surface area contributed by atoms with Gasteiger partial charge < -0.3 is 13.9 Å². The van der Waals surface area contributed by atoms with Crippen LogP contribution in [0.1, 0.15) is 34.1 Å². The molecule has 1 heterocycles. The van der Waals surface area contributed by atoms with Gasteiger partial charge in [-0.2, -0.15) is 0 Å². The summed E-state index contributed by atoms with van der Waals surface area (Å²) in [4.78, 5) is 12.5. The lowest BCUT2D eigenvalue weighted by Gasteiger charge is -2.45. The molecule has 0 N–H and O–H groups in total. The first-order valence-electron chi connectivity index (χ1n) is 9.79. The van der Waals surface area contributed by atoms with Gasteiger partial charge in [-0.05, 0) is 22.3 Å². The van der Waals surface area contributed by atoms with Gasteiger partial charge in [0.05, 0.1) is 12.5 Å². The molecule has 1 aliphatic heterocycles. The third-order valence-corrected chi connectivity index (χ3v) is 10.6. The summed E-state index contributed by atoms with van der Waals surface area (Å²) in [6, 6.07) is 20.8. The molecule has 28 heavy (non-hydrogen) atoms. The van der Waals surface area contributed by atoms with Crippen molar-refractivity contribution in [2.75, 3.05) is 7.11 Å². The van der Waals surface area contributed by atoms with Crippen LogP contribution in [0.25, 0.3) is 0 Å². The first-order chi connectivity index (χ1) is 13.3. The number of ether oxygens (including phenoxy) is 2. The zero-order valence-corrected chi connectivity index (χ0v) is 18.3. The number of hydrogen-bond acceptors (Lipinski definition) is 4. The van der Waals surface area contributed by atoms with E-state index in [1.54, 1.807) is 7.11 Å². The number of hydrogen-bond donors (Lipinski definition) is 0. The molecule has 0 amide bonds. The largest absolute Gasteiger partial charge is 0.402 e. The highest BCUT2D eigenvalue weighted by Crippen LogP contribution is 2.38. The second kappa shape index (κ2) is 8.29. The molecule has 0 saturated carbocycles. The molecule has 0 aromatic heterocycles. The second-order valence-corrected chi connectivity index (χ2v) is 12.6. The van der Waals surface area contributed by atoms with Crippen molar-refractivity contribution in [3.8, 4) is 0 Å². The third kappa shape index (κ3) is 3.85. The van der Waals surface area contributed by atoms with Crippen LogP contribution in [0.15, 0.2) is 60.7 Å². The average Bonchev–Trinajstić information content (AvgIpc) is 3.07. The molecule has 150 valence electrons. The lowest BCUT2D eigenvalue weighted by atomic mass is 10.1. The number of carbonyl (C=O) groups is 1. The molecule has 1 fully saturated rings. The Balaban J connectivity index is 2.07. The van der Waals surface area contributed by atoms with Gasteiger partial charge in [-0.1, -0.05) is 81.4 Å². The molecule has 0 spiro atoms. The van der Waals surface area contributed by atoms with Crippen molar-refractivity contribution < 1.29 is 18.7 Å². The van der Waals surface area contributed by atoms with Crippen LogP contribution in [0.5, 0.6) is 0 Å². The minimum absolute atomic E-state index is 0.0392. The minimum Gasteiger partial charge on any atom is -0.402 e. The van der Waals surface area contributed by atoms with E-state index in [1.807, 2.05) is 19.1 Å². The molecule has 3 atom stereocenters. The van der Waals surface area contributed by atoms with E-state index in [-0.39, 0.29) is 23.3 Å². The number of benzene rings is 2. The Kier molecular flexibility index (Phi) is 6.20. The van der Waals surface area contributed by atoms with Crippen molar-refractivity contribution in [2.24, 2.45) is 0 Å². The molecule has 5 heteroatoms. The predicted octanol–water partition coefficient (Wildman–Crippen LogP) is 3.28. The van der Waals surface area contributed by atoms with Crippen molar-refractivity contribution >= 4 is 24.5 Å². The van der Waals surface area contributed by atoms with Gasteiger partial charge in [-0.25, -0.2) is 0 Å². The Morgan fingerprint density at radius 1 is 1.00 bits per heavy atom. The summed E-state index contributed by atoms with van der Waals surface area (Å²) in [5.41, 5.74) is 0. The predicted molar refractivity (Wildman–Crippen MR) is 113 cm³/mol. The van der Waals surface area contributed by atoms with Crippen LogP contribution in [0, 0.1) is 0 Å². The van der Waals surface area contributed by atoms with Crippen LogP contribution < -0.4 is 10.4 Å². The van der Waals surface area contributed by atoms with Crippen LogP contribution >= 0.6 is 0 Å². The molecule has 0 aliphatic carbocycles. The monoisotopic (exact) mass is 398 g/mol. The van der Waals surface area contributed by atoms with E-state index in [1.165, 1.54) is 10.4 Å². The summed E-state index contributed by atoms with van der Waals surface area (Å²) in [6.45, 7) is 8.61. The summed E-state index contributed by atoms with van der Waals surface area (Å²) in [5, 5.41) is 2.23. The highest BCUT2D eigenvalue weighted by molar-refractivity contribution is 6.99. The Bertz CT molecular complexity index is 746. The molecule has 3 rings (SSSR count). The number of ketones is 1. The number of carbonyl (C=O) groups excluding carboxylic acids is 1. The van der Waals surface area contributed by atoms with Crippen LogP contribution in [0.3, 0.4) is 0 Å². The van der Waals surface area contributed by atoms with Gasteiger partial charge in [0.1, 0.15) is 6.10 Å². The van der Waals surface area contributed by atoms with E-state index >= 15 is 0 Å². The SMILES string of the molecule is CO[C@H]1CC(=O)[C@@H]([C@H](C)O[Si](c2ccccc2)(c2ccccc2)C(C)(C)C)O1. The smallest absolute Gasteiger partial charge is 0.261 e. The summed E-state index contributed by atoms with van der Waals surface area (Å²) in [7, 11) is -1.15. The lowest BCUT2D eigenvalue weighted by molar-refractivity contribution is -0.142. The molecule has 1 aliphatic rings. The van der Waals surface area contributed by atoms with Gasteiger partial charge in [-0.15, -0.1) is 0 Å². The van der Waals surface area contributed by atoms with E-state index in [0.29, 0.717) is 0 Å². The van der Waals surface area contributed by atoms with Crippen LogP contribution in [0.2, 0.25) is 5.04 Å². The fourth-order valence-corrected chi connectivity index (χ4v) is 8.81. The van der Waals surface area contributed by atoms with Crippen molar-refractivity contribution in [3.05, 3.63) is 60.7 Å². The van der Waals surface area contributed by atoms with Gasteiger partial charge >= 0.3 is 0 Å². The van der Waals surface area contributed by atoms with Gasteiger partial charge in [0.2, 0.25) is 0 Å². The maximum Gasteiger partial charge on any atom is 0.261 e. The van der Waals surface area contributed by atoms with Gasteiger partial charge in [0.25, 0.3) is 8.32 Å². The number of Topliss-reactive ketones (excluding diaryl/α,β-unsaturated/α-hetero) is 1. The number of methoxy groups -OCH3 is 1. The molecule has 1 saturated heterocycles. The first-order valence-corrected chi connectivity index (χ1v) is 11.7. The fraction of sp³-hybridized carbons (Fsp3) is 0.435. The molecule has 0 bridgehead atoms. The zero-order valence-electron chi connectivity index (χ0n) is 17.3. The molecular weight excluding hydrogens is 368 g/mol. The highest BCUT2D eigenvalue weighted by Gasteiger charge is 2.52. The fourth-order valence-electron chi connectivity index (χ4n) is 4.11. The van der Waals surface area contributed by atoms with Crippen LogP contribution in [-0.2, 0) is 18.7 Å². The van der Waals surface area contributed by atoms with E-state index in [0.717, 1.165) is 0 Å². The highest BCUT2D eigenvalue weighted by atomic mass is 28.4. The quantitative estimate of drug-likeness (QED) is 0.701. The zero-order chi connectivity index (χ0) is 20.4. The molecule has 2 aromatic rings. The van der Waals surface area contributed by atoms with Crippen LogP contribution in [0.4, 0.5) is 0 Å². The maximum atomic E-state index is 12.5. The molecule has 4 nitrogen and oxygen atoms in total. The second-order valence-electron chi connectivity index (χ2n) is 8.38. The Morgan fingerprint density at radius 2 is 1.50 bits per heavy atom. The topological polar surface area (TPSA) is 44.8 Å². The third-order valence-electron chi connectivity index (χ3n) is 5.45. The van der Waals surface area contributed by atoms with Crippen molar-refractivity contribution in [1.82, 2.24) is 0 Å². The van der Waals surface area contributed by atoms with Crippen LogP contribution in [-0.4, -0.2) is 39.7 Å². The standard InChI is InChI=1S/C23H30O4Si/c1-17(22-20(24)16-21(25-5)26-22)27-28(23(2,3)4,18-12-8-6-9-13-18)19-14-10-7-11-15-19/h6-15,17,21-22H,16H2,1-5H3/t17-,21+,22+/m0/s1. The number of rotatable bonds is 6. The summed E-state index contributed by atoms with van der Waals surface area (Å²) in [5.74, 6) is 0.0392. The van der Waals surface area contributed by atoms with Gasteiger partial charge in [0.15, 0.2) is 12.1 Å². The van der Waals surface area contributed by atoms with E-state index in [2.05, 4.69) is 69.3 Å². The maximum absolute atomic E-state index is 12.5. The summed E-state index contributed by atoms with van der Waals surface area (Å²) >= 11 is 0. The van der Waals surface area contributed by atoms with Crippen molar-refractivity contribution in [3.63, 3.8) is 0 Å². The average molecular weight is 399 g/mol. The van der Waals surface area contributed by atoms with Crippen molar-refractivity contribution in [2.45, 2.75) is 57.7 Å². The lowest BCUT2D eigenvalue weighted by Crippen LogP contribution is -2.68. The molecular formula is C23H30O4Si. The molecule has 2 aromatic carbocycles. The minimum atomic E-state index is -2.71. The Labute approximate surface area is 169 Å². The summed E-state index contributed by atoms with van der Waals surface area (Å²) < 4.78 is 18.0. The van der Waals surface area contributed by atoms with E-state index in [4.69, 9.17) is 13.9 Å². The Morgan fingerprint density at radius 3 is 1.89 bits per heavy atom. The normalized spacial score (nSPS) is 21.7. The van der Waals surface area contributed by atoms with Gasteiger partial charge in [0, 0.05) is 7.11 Å². The van der Waals surface area contributed by atoms with Gasteiger partial charge in [-0.3, -0.25) is 4.79 Å². The Hall–Kier alpha value is -1.79. The van der Waals surface area contributed by atoms with Crippen molar-refractivity contribution in [1.29, 1.82) is 0 Å². The molecule has 0 radical (unpaired) electrons. The first kappa shape index (κ1) is 20.9.